The highest BCUT2D eigenvalue weighted by molar-refractivity contribution is 5.95. The molecule has 154 valence electrons. The van der Waals surface area contributed by atoms with Gasteiger partial charge in [-0.2, -0.15) is 0 Å². The van der Waals surface area contributed by atoms with Crippen LogP contribution < -0.4 is 10.1 Å². The van der Waals surface area contributed by atoms with Gasteiger partial charge in [0.05, 0.1) is 19.6 Å². The molecular formula is C22H25FN2O4. The van der Waals surface area contributed by atoms with Crippen LogP contribution in [0.4, 0.5) is 4.39 Å². The number of benzene rings is 2. The number of nitrogens with zero attached hydrogens (tertiary/aromatic N) is 1. The van der Waals surface area contributed by atoms with E-state index in [1.807, 2.05) is 24.3 Å². The van der Waals surface area contributed by atoms with Crippen molar-refractivity contribution in [3.8, 4) is 5.75 Å². The summed E-state index contributed by atoms with van der Waals surface area (Å²) in [6.45, 7) is 1.51. The van der Waals surface area contributed by atoms with E-state index < -0.39 is 11.7 Å². The molecule has 0 radical (unpaired) electrons. The third-order valence-electron chi connectivity index (χ3n) is 5.16. The summed E-state index contributed by atoms with van der Waals surface area (Å²) in [5.41, 5.74) is 1.34. The Labute approximate surface area is 169 Å². The van der Waals surface area contributed by atoms with Crippen molar-refractivity contribution in [3.05, 3.63) is 65.5 Å². The van der Waals surface area contributed by atoms with Crippen LogP contribution in [0.2, 0.25) is 0 Å². The maximum Gasteiger partial charge on any atom is 0.253 e. The lowest BCUT2D eigenvalue weighted by Crippen LogP contribution is -2.37. The number of carbonyl (C=O) groups excluding carboxylic acids is 2. The molecule has 0 spiro atoms. The molecule has 0 bridgehead atoms. The fourth-order valence-corrected chi connectivity index (χ4v) is 3.63. The summed E-state index contributed by atoms with van der Waals surface area (Å²) in [5, 5.41) is 2.88. The molecule has 1 heterocycles. The largest absolute Gasteiger partial charge is 0.497 e. The zero-order chi connectivity index (χ0) is 20.8. The smallest absolute Gasteiger partial charge is 0.253 e. The molecule has 1 saturated heterocycles. The van der Waals surface area contributed by atoms with Gasteiger partial charge in [0.25, 0.3) is 5.91 Å². The van der Waals surface area contributed by atoms with Crippen LogP contribution in [0.5, 0.6) is 5.75 Å². The molecule has 6 nitrogen and oxygen atoms in total. The Hall–Kier alpha value is -2.93. The zero-order valence-corrected chi connectivity index (χ0v) is 16.6. The zero-order valence-electron chi connectivity index (χ0n) is 16.6. The first-order chi connectivity index (χ1) is 14.0. The van der Waals surface area contributed by atoms with Crippen LogP contribution in [0.1, 0.15) is 21.8 Å². The number of methoxy groups -OCH3 is 2. The van der Waals surface area contributed by atoms with Crippen molar-refractivity contribution in [2.45, 2.75) is 5.92 Å². The number of likely N-dealkylation sites (tertiary alicyclic amines) is 1. The van der Waals surface area contributed by atoms with Crippen molar-refractivity contribution in [2.75, 3.05) is 40.5 Å². The van der Waals surface area contributed by atoms with E-state index in [-0.39, 0.29) is 24.3 Å². The first kappa shape index (κ1) is 20.8. The lowest BCUT2D eigenvalue weighted by atomic mass is 9.88. The molecule has 0 aromatic heterocycles. The van der Waals surface area contributed by atoms with Crippen molar-refractivity contribution in [1.29, 1.82) is 0 Å². The molecule has 7 heteroatoms. The number of rotatable bonds is 7. The predicted molar refractivity (Wildman–Crippen MR) is 106 cm³/mol. The second kappa shape index (κ2) is 9.52. The topological polar surface area (TPSA) is 67.9 Å². The number of ether oxygens (including phenoxy) is 2. The third-order valence-corrected chi connectivity index (χ3v) is 5.16. The van der Waals surface area contributed by atoms with E-state index >= 15 is 0 Å². The van der Waals surface area contributed by atoms with E-state index in [4.69, 9.17) is 9.47 Å². The van der Waals surface area contributed by atoms with Gasteiger partial charge in [-0.05, 0) is 42.0 Å². The van der Waals surface area contributed by atoms with Crippen molar-refractivity contribution in [1.82, 2.24) is 10.2 Å². The molecular weight excluding hydrogens is 375 g/mol. The van der Waals surface area contributed by atoms with Crippen LogP contribution >= 0.6 is 0 Å². The highest BCUT2D eigenvalue weighted by Crippen LogP contribution is 2.35. The molecule has 0 unspecified atom stereocenters. The summed E-state index contributed by atoms with van der Waals surface area (Å²) in [7, 11) is 3.16. The van der Waals surface area contributed by atoms with Gasteiger partial charge in [-0.15, -0.1) is 0 Å². The Morgan fingerprint density at radius 1 is 1.14 bits per heavy atom. The maximum atomic E-state index is 13.2. The molecule has 3 rings (SSSR count). The van der Waals surface area contributed by atoms with Gasteiger partial charge >= 0.3 is 0 Å². The number of amides is 2. The molecule has 2 aromatic carbocycles. The number of hydrogen-bond donors (Lipinski definition) is 1. The Bertz CT molecular complexity index is 856. The standard InChI is InChI=1S/C22H25FN2O4/c1-28-11-10-24-21(26)20-14-25(22(27)15-6-8-17(23)9-7-15)13-19(20)16-4-3-5-18(12-16)29-2/h3-9,12,19-20H,10-11,13-14H2,1-2H3,(H,24,26)/t19-,20-/m1/s1. The molecule has 2 atom stereocenters. The number of halogens is 1. The summed E-state index contributed by atoms with van der Waals surface area (Å²) >= 11 is 0. The van der Waals surface area contributed by atoms with Crippen molar-refractivity contribution < 1.29 is 23.5 Å². The number of hydrogen-bond acceptors (Lipinski definition) is 4. The monoisotopic (exact) mass is 400 g/mol. The van der Waals surface area contributed by atoms with Gasteiger partial charge in [-0.1, -0.05) is 12.1 Å². The van der Waals surface area contributed by atoms with Crippen LogP contribution in [0.25, 0.3) is 0 Å². The Morgan fingerprint density at radius 2 is 1.90 bits per heavy atom. The predicted octanol–water partition coefficient (Wildman–Crippen LogP) is 2.45. The van der Waals surface area contributed by atoms with Crippen molar-refractivity contribution in [3.63, 3.8) is 0 Å². The van der Waals surface area contributed by atoms with Crippen LogP contribution in [0.3, 0.4) is 0 Å². The third kappa shape index (κ3) is 4.92. The lowest BCUT2D eigenvalue weighted by Gasteiger charge is -2.18. The van der Waals surface area contributed by atoms with E-state index in [1.54, 1.807) is 19.1 Å². The van der Waals surface area contributed by atoms with Crippen molar-refractivity contribution >= 4 is 11.8 Å². The van der Waals surface area contributed by atoms with Crippen LogP contribution in [-0.4, -0.2) is 57.2 Å². The van der Waals surface area contributed by atoms with E-state index in [1.165, 1.54) is 24.3 Å². The first-order valence-electron chi connectivity index (χ1n) is 9.49. The summed E-state index contributed by atoms with van der Waals surface area (Å²) in [4.78, 5) is 27.4. The Kier molecular flexibility index (Phi) is 6.82. The highest BCUT2D eigenvalue weighted by Gasteiger charge is 2.40. The Balaban J connectivity index is 1.83. The second-order valence-corrected chi connectivity index (χ2v) is 6.99. The normalized spacial score (nSPS) is 18.5. The number of carbonyl (C=O) groups is 2. The molecule has 0 saturated carbocycles. The SMILES string of the molecule is COCCNC(=O)[C@@H]1CN(C(=O)c2ccc(F)cc2)C[C@@H]1c1cccc(OC)c1. The first-order valence-corrected chi connectivity index (χ1v) is 9.49. The fraction of sp³-hybridized carbons (Fsp3) is 0.364. The van der Waals surface area contributed by atoms with Crippen LogP contribution in [0.15, 0.2) is 48.5 Å². The quantitative estimate of drug-likeness (QED) is 0.725. The van der Waals surface area contributed by atoms with Gasteiger partial charge in [-0.3, -0.25) is 9.59 Å². The molecule has 2 aromatic rings. The van der Waals surface area contributed by atoms with Gasteiger partial charge in [-0.25, -0.2) is 4.39 Å². The summed E-state index contributed by atoms with van der Waals surface area (Å²) in [6.07, 6.45) is 0. The van der Waals surface area contributed by atoms with Gasteiger partial charge < -0.3 is 19.7 Å². The van der Waals surface area contributed by atoms with Gasteiger partial charge in [0.1, 0.15) is 11.6 Å². The van der Waals surface area contributed by atoms with Crippen molar-refractivity contribution in [2.24, 2.45) is 5.92 Å². The summed E-state index contributed by atoms with van der Waals surface area (Å²) in [5.74, 6) is -0.605. The second-order valence-electron chi connectivity index (χ2n) is 6.99. The molecule has 1 aliphatic heterocycles. The Morgan fingerprint density at radius 3 is 2.59 bits per heavy atom. The minimum absolute atomic E-state index is 0.121. The highest BCUT2D eigenvalue weighted by atomic mass is 19.1. The average molecular weight is 400 g/mol. The van der Waals surface area contributed by atoms with Gasteiger partial charge in [0, 0.05) is 38.2 Å². The molecule has 1 N–H and O–H groups in total. The lowest BCUT2D eigenvalue weighted by molar-refractivity contribution is -0.125. The molecule has 1 fully saturated rings. The van der Waals surface area contributed by atoms with E-state index in [9.17, 15) is 14.0 Å². The fourth-order valence-electron chi connectivity index (χ4n) is 3.63. The maximum absolute atomic E-state index is 13.2. The molecule has 0 aliphatic carbocycles. The van der Waals surface area contributed by atoms with Crippen LogP contribution in [-0.2, 0) is 9.53 Å². The van der Waals surface area contributed by atoms with Gasteiger partial charge in [0.15, 0.2) is 0 Å². The van der Waals surface area contributed by atoms with E-state index in [2.05, 4.69) is 5.32 Å². The van der Waals surface area contributed by atoms with Crippen LogP contribution in [0, 0.1) is 11.7 Å². The van der Waals surface area contributed by atoms with Gasteiger partial charge in [0.2, 0.25) is 5.91 Å². The number of nitrogens with one attached hydrogen (secondary N) is 1. The molecule has 2 amide bonds. The van der Waals surface area contributed by atoms with E-state index in [0.29, 0.717) is 31.0 Å². The molecule has 1 aliphatic rings. The van der Waals surface area contributed by atoms with E-state index in [0.717, 1.165) is 5.56 Å². The average Bonchev–Trinajstić information content (AvgIpc) is 3.19. The summed E-state index contributed by atoms with van der Waals surface area (Å²) < 4.78 is 23.5. The molecule has 29 heavy (non-hydrogen) atoms. The minimum atomic E-state index is -0.400. The minimum Gasteiger partial charge on any atom is -0.497 e. The summed E-state index contributed by atoms with van der Waals surface area (Å²) in [6, 6.07) is 13.0.